The molecule has 1 radical (unpaired) electrons. The first-order valence-electron chi connectivity index (χ1n) is 3.16. The summed E-state index contributed by atoms with van der Waals surface area (Å²) in [7, 11) is 0. The van der Waals surface area contributed by atoms with E-state index in [9.17, 15) is 0 Å². The number of nitrogens with one attached hydrogen (secondary N) is 1. The molecular formula is C7H5N2SSe. The van der Waals surface area contributed by atoms with Gasteiger partial charge in [-0.05, 0) is 0 Å². The van der Waals surface area contributed by atoms with Gasteiger partial charge in [-0.15, -0.1) is 0 Å². The standard InChI is InChI=1S/C7H5N2SSe/c10-7-8-5-3-1-2-4-6(5)9(7)11/h1-4H,(H,8,10). The molecule has 0 unspecified atom stereocenters. The number of fused-ring (bicyclic) bond motifs is 1. The van der Waals surface area contributed by atoms with E-state index >= 15 is 0 Å². The Morgan fingerprint density at radius 2 is 2.09 bits per heavy atom. The van der Waals surface area contributed by atoms with Gasteiger partial charge < -0.3 is 0 Å². The van der Waals surface area contributed by atoms with Crippen molar-refractivity contribution < 1.29 is 0 Å². The first-order chi connectivity index (χ1) is 5.29. The molecule has 1 N–H and O–H groups in total. The summed E-state index contributed by atoms with van der Waals surface area (Å²) in [6.45, 7) is 0. The van der Waals surface area contributed by atoms with Crippen molar-refractivity contribution in [1.29, 1.82) is 0 Å². The van der Waals surface area contributed by atoms with Crippen LogP contribution in [-0.4, -0.2) is 24.8 Å². The van der Waals surface area contributed by atoms with Crippen molar-refractivity contribution >= 4 is 39.5 Å². The third-order valence-corrected chi connectivity index (χ3v) is 2.89. The molecule has 1 aromatic heterocycles. The molecule has 0 saturated carbocycles. The van der Waals surface area contributed by atoms with Gasteiger partial charge in [-0.25, -0.2) is 0 Å². The van der Waals surface area contributed by atoms with Crippen LogP contribution >= 0.6 is 12.2 Å². The Kier molecular flexibility index (Phi) is 1.60. The summed E-state index contributed by atoms with van der Waals surface area (Å²) in [5, 5.41) is 0. The van der Waals surface area contributed by atoms with E-state index in [2.05, 4.69) is 21.2 Å². The number of H-pyrrole nitrogens is 1. The first-order valence-corrected chi connectivity index (χ1v) is 4.34. The average Bonchev–Trinajstić information content (AvgIpc) is 2.30. The topological polar surface area (TPSA) is 20.7 Å². The van der Waals surface area contributed by atoms with Crippen LogP contribution in [-0.2, 0) is 0 Å². The van der Waals surface area contributed by atoms with Gasteiger partial charge in [-0.1, -0.05) is 0 Å². The normalized spacial score (nSPS) is 10.5. The van der Waals surface area contributed by atoms with E-state index in [1.807, 2.05) is 27.8 Å². The molecule has 0 bridgehead atoms. The van der Waals surface area contributed by atoms with Gasteiger partial charge in [-0.3, -0.25) is 0 Å². The van der Waals surface area contributed by atoms with Gasteiger partial charge in [0.05, 0.1) is 0 Å². The van der Waals surface area contributed by atoms with Gasteiger partial charge in [0, 0.05) is 0 Å². The number of hydrogen-bond donors (Lipinski definition) is 1. The molecule has 4 heteroatoms. The molecule has 0 aliphatic heterocycles. The summed E-state index contributed by atoms with van der Waals surface area (Å²) in [5.74, 6) is 0. The quantitative estimate of drug-likeness (QED) is 0.537. The van der Waals surface area contributed by atoms with Crippen LogP contribution < -0.4 is 0 Å². The van der Waals surface area contributed by atoms with Crippen LogP contribution in [0.15, 0.2) is 24.3 Å². The Morgan fingerprint density at radius 1 is 1.36 bits per heavy atom. The molecule has 0 aliphatic rings. The van der Waals surface area contributed by atoms with Crippen LogP contribution in [0.2, 0.25) is 0 Å². The van der Waals surface area contributed by atoms with Gasteiger partial charge in [0.2, 0.25) is 0 Å². The number of rotatable bonds is 0. The molecule has 0 spiro atoms. The van der Waals surface area contributed by atoms with E-state index in [4.69, 9.17) is 12.2 Å². The minimum atomic E-state index is 0.714. The molecule has 2 aromatic rings. The van der Waals surface area contributed by atoms with Crippen molar-refractivity contribution in [1.82, 2.24) is 8.57 Å². The maximum atomic E-state index is 5.03. The zero-order chi connectivity index (χ0) is 7.84. The summed E-state index contributed by atoms with van der Waals surface area (Å²) >= 11 is 7.90. The van der Waals surface area contributed by atoms with Crippen LogP contribution in [0.1, 0.15) is 0 Å². The molecule has 1 heterocycles. The van der Waals surface area contributed by atoms with Crippen LogP contribution in [0.4, 0.5) is 0 Å². The van der Waals surface area contributed by atoms with Gasteiger partial charge in [0.1, 0.15) is 0 Å². The van der Waals surface area contributed by atoms with E-state index < -0.39 is 0 Å². The Bertz CT molecular complexity index is 443. The third-order valence-electron chi connectivity index (χ3n) is 1.55. The molecule has 2 rings (SSSR count). The summed E-state index contributed by atoms with van der Waals surface area (Å²) in [4.78, 5) is 3.07. The average molecular weight is 228 g/mol. The van der Waals surface area contributed by atoms with Crippen molar-refractivity contribution in [2.24, 2.45) is 0 Å². The zero-order valence-electron chi connectivity index (χ0n) is 5.57. The Balaban J connectivity index is 3.04. The van der Waals surface area contributed by atoms with Crippen LogP contribution in [0.3, 0.4) is 0 Å². The molecule has 0 aliphatic carbocycles. The summed E-state index contributed by atoms with van der Waals surface area (Å²) in [5.41, 5.74) is 2.16. The first kappa shape index (κ1) is 7.10. The number of hydrogen-bond acceptors (Lipinski definition) is 1. The Labute approximate surface area is 77.3 Å². The van der Waals surface area contributed by atoms with Crippen molar-refractivity contribution in [3.8, 4) is 0 Å². The number of benzene rings is 1. The molecule has 0 amide bonds. The van der Waals surface area contributed by atoms with Crippen LogP contribution in [0, 0.1) is 4.77 Å². The van der Waals surface area contributed by atoms with Crippen molar-refractivity contribution in [3.05, 3.63) is 29.0 Å². The fraction of sp³-hybridized carbons (Fsp3) is 0. The van der Waals surface area contributed by atoms with Gasteiger partial charge in [0.15, 0.2) is 0 Å². The second-order valence-electron chi connectivity index (χ2n) is 2.24. The Morgan fingerprint density at radius 3 is 2.82 bits per heavy atom. The van der Waals surface area contributed by atoms with Crippen molar-refractivity contribution in [3.63, 3.8) is 0 Å². The number of nitrogens with zero attached hydrogens (tertiary/aromatic N) is 1. The SMILES string of the molecule is S=c1[nH]c2ccccc2n1[Se]. The van der Waals surface area contributed by atoms with Gasteiger partial charge in [0.25, 0.3) is 0 Å². The third kappa shape index (κ3) is 1.03. The van der Waals surface area contributed by atoms with Crippen molar-refractivity contribution in [2.75, 3.05) is 0 Å². The number of aromatic nitrogens is 2. The molecule has 2 nitrogen and oxygen atoms in total. The van der Waals surface area contributed by atoms with Gasteiger partial charge >= 0.3 is 77.1 Å². The molecular weight excluding hydrogens is 223 g/mol. The molecule has 0 fully saturated rings. The molecule has 1 aromatic carbocycles. The number of para-hydroxylation sites is 2. The van der Waals surface area contributed by atoms with E-state index in [0.29, 0.717) is 4.77 Å². The Hall–Kier alpha value is -0.571. The predicted molar refractivity (Wildman–Crippen MR) is 48.3 cm³/mol. The van der Waals surface area contributed by atoms with Crippen molar-refractivity contribution in [2.45, 2.75) is 0 Å². The number of aromatic amines is 1. The van der Waals surface area contributed by atoms with Crippen LogP contribution in [0.5, 0.6) is 0 Å². The number of imidazole rings is 1. The summed E-state index contributed by atoms with van der Waals surface area (Å²) in [6.07, 6.45) is 0. The van der Waals surface area contributed by atoms with E-state index in [-0.39, 0.29) is 0 Å². The molecule has 0 saturated heterocycles. The molecule has 0 atom stereocenters. The minimum absolute atomic E-state index is 0.714. The second kappa shape index (κ2) is 2.48. The fourth-order valence-electron chi connectivity index (χ4n) is 1.03. The monoisotopic (exact) mass is 229 g/mol. The maximum absolute atomic E-state index is 5.03. The zero-order valence-corrected chi connectivity index (χ0v) is 8.10. The summed E-state index contributed by atoms with van der Waals surface area (Å²) < 4.78 is 2.55. The van der Waals surface area contributed by atoms with Gasteiger partial charge in [-0.2, -0.15) is 0 Å². The van der Waals surface area contributed by atoms with E-state index in [1.54, 1.807) is 0 Å². The van der Waals surface area contributed by atoms with E-state index in [1.165, 1.54) is 0 Å². The van der Waals surface area contributed by atoms with Crippen LogP contribution in [0.25, 0.3) is 11.0 Å². The van der Waals surface area contributed by atoms with E-state index in [0.717, 1.165) is 11.0 Å². The fourth-order valence-corrected chi connectivity index (χ4v) is 1.67. The predicted octanol–water partition coefficient (Wildman–Crippen LogP) is 1.63. The summed E-state index contributed by atoms with van der Waals surface area (Å²) in [6, 6.07) is 7.98. The second-order valence-corrected chi connectivity index (χ2v) is 3.39. The molecule has 11 heavy (non-hydrogen) atoms. The molecule has 55 valence electrons.